The van der Waals surface area contributed by atoms with Gasteiger partial charge >= 0.3 is 12.1 Å². The lowest BCUT2D eigenvalue weighted by Gasteiger charge is -2.23. The van der Waals surface area contributed by atoms with E-state index >= 15 is 0 Å². The highest BCUT2D eigenvalue weighted by Gasteiger charge is 2.56. The van der Waals surface area contributed by atoms with E-state index in [4.69, 9.17) is 17.3 Å². The number of amides is 1. The first kappa shape index (κ1) is 26.3. The van der Waals surface area contributed by atoms with Gasteiger partial charge in [-0.25, -0.2) is 9.97 Å². The van der Waals surface area contributed by atoms with Crippen molar-refractivity contribution < 1.29 is 26.7 Å². The summed E-state index contributed by atoms with van der Waals surface area (Å²) in [7, 11) is 0. The fourth-order valence-electron chi connectivity index (χ4n) is 4.44. The number of hydrogen-bond acceptors (Lipinski definition) is 5. The molecule has 14 heteroatoms. The van der Waals surface area contributed by atoms with Crippen molar-refractivity contribution in [2.45, 2.75) is 37.4 Å². The zero-order valence-electron chi connectivity index (χ0n) is 19.4. The maximum absolute atomic E-state index is 13.6. The van der Waals surface area contributed by atoms with Crippen LogP contribution in [0.5, 0.6) is 0 Å². The first-order valence-corrected chi connectivity index (χ1v) is 12.3. The maximum Gasteiger partial charge on any atom is 0.453 e. The number of aryl methyl sites for hydroxylation is 1. The molecule has 3 N–H and O–H groups in total. The van der Waals surface area contributed by atoms with Crippen LogP contribution in [0.2, 0.25) is 5.02 Å². The minimum absolute atomic E-state index is 0.0194. The number of halogens is 7. The average Bonchev–Trinajstić information content (AvgIpc) is 3.32. The van der Waals surface area contributed by atoms with E-state index in [1.165, 1.54) is 18.2 Å². The quantitative estimate of drug-likeness (QED) is 0.256. The molecule has 0 bridgehead atoms. The molecular formula is C24H17BrClF5N6O. The number of carbonyl (C=O) groups excluding carboxylic acids is 1. The number of nitrogens with two attached hydrogens (primary N) is 1. The largest absolute Gasteiger partial charge is 0.453 e. The molecule has 1 aliphatic heterocycles. The number of aromatic nitrogens is 4. The summed E-state index contributed by atoms with van der Waals surface area (Å²) in [5, 5.41) is 7.52. The fourth-order valence-corrected chi connectivity index (χ4v) is 4.87. The van der Waals surface area contributed by atoms with Gasteiger partial charge in [0.05, 0.1) is 11.1 Å². The highest BCUT2D eigenvalue weighted by atomic mass is 79.9. The van der Waals surface area contributed by atoms with Crippen molar-refractivity contribution >= 4 is 56.0 Å². The van der Waals surface area contributed by atoms with Crippen molar-refractivity contribution in [1.29, 1.82) is 0 Å². The standard InChI is InChI=1S/C24H17BrClF5N6O/c1-22(11-2-4-12(25)5-3-11)16-18(32)33-20(34-19(16)35-21(22)38)17-14-7-6-13(26)10-15(14)37(36-17)9-8-23(27,28)24(29,30)31/h2-7,10H,8-9H2,1H3,(H3,32,33,34,35,38). The predicted octanol–water partition coefficient (Wildman–Crippen LogP) is 6.34. The summed E-state index contributed by atoms with van der Waals surface area (Å²) in [6.07, 6.45) is -7.23. The van der Waals surface area contributed by atoms with Gasteiger partial charge in [0.25, 0.3) is 0 Å². The molecule has 38 heavy (non-hydrogen) atoms. The predicted molar refractivity (Wildman–Crippen MR) is 135 cm³/mol. The Kier molecular flexibility index (Phi) is 6.14. The average molecular weight is 616 g/mol. The van der Waals surface area contributed by atoms with Crippen LogP contribution < -0.4 is 11.1 Å². The molecule has 198 valence electrons. The van der Waals surface area contributed by atoms with Crippen LogP contribution in [0.25, 0.3) is 22.4 Å². The molecule has 2 aromatic carbocycles. The third-order valence-corrected chi connectivity index (χ3v) is 7.29. The van der Waals surface area contributed by atoms with E-state index in [0.717, 1.165) is 9.15 Å². The molecule has 5 rings (SSSR count). The number of rotatable bonds is 5. The highest BCUT2D eigenvalue weighted by Crippen LogP contribution is 2.45. The van der Waals surface area contributed by atoms with Crippen molar-refractivity contribution in [3.63, 3.8) is 0 Å². The zero-order chi connectivity index (χ0) is 27.6. The van der Waals surface area contributed by atoms with Crippen molar-refractivity contribution in [2.24, 2.45) is 0 Å². The summed E-state index contributed by atoms with van der Waals surface area (Å²) in [5.41, 5.74) is 6.41. The molecule has 1 atom stereocenters. The first-order chi connectivity index (χ1) is 17.7. The van der Waals surface area contributed by atoms with Gasteiger partial charge in [0.1, 0.15) is 22.7 Å². The van der Waals surface area contributed by atoms with Crippen LogP contribution in [0, 0.1) is 0 Å². The molecule has 2 aromatic heterocycles. The SMILES string of the molecule is CC1(c2ccc(Br)cc2)C(=O)Nc2nc(-c3nn(CCC(F)(F)C(F)(F)F)c4cc(Cl)ccc34)nc(N)c21. The van der Waals surface area contributed by atoms with Crippen molar-refractivity contribution in [3.8, 4) is 11.5 Å². The second kappa shape index (κ2) is 8.87. The molecule has 0 saturated heterocycles. The van der Waals surface area contributed by atoms with E-state index in [1.54, 1.807) is 31.2 Å². The van der Waals surface area contributed by atoms with Gasteiger partial charge in [0.2, 0.25) is 5.91 Å². The highest BCUT2D eigenvalue weighted by molar-refractivity contribution is 9.10. The van der Waals surface area contributed by atoms with E-state index in [-0.39, 0.29) is 39.6 Å². The summed E-state index contributed by atoms with van der Waals surface area (Å²) < 4.78 is 67.2. The van der Waals surface area contributed by atoms with Crippen LogP contribution >= 0.6 is 27.5 Å². The van der Waals surface area contributed by atoms with Gasteiger partial charge in [-0.15, -0.1) is 0 Å². The summed E-state index contributed by atoms with van der Waals surface area (Å²) in [4.78, 5) is 21.9. The number of anilines is 2. The monoisotopic (exact) mass is 614 g/mol. The van der Waals surface area contributed by atoms with Crippen LogP contribution in [0.15, 0.2) is 46.9 Å². The summed E-state index contributed by atoms with van der Waals surface area (Å²) in [5.74, 6) is -5.22. The molecule has 1 aliphatic rings. The summed E-state index contributed by atoms with van der Waals surface area (Å²) >= 11 is 9.42. The van der Waals surface area contributed by atoms with Crippen LogP contribution in [-0.2, 0) is 16.8 Å². The van der Waals surface area contributed by atoms with Gasteiger partial charge in [0, 0.05) is 27.8 Å². The minimum atomic E-state index is -5.70. The molecule has 3 heterocycles. The Morgan fingerprint density at radius 2 is 1.79 bits per heavy atom. The van der Waals surface area contributed by atoms with Crippen molar-refractivity contribution in [1.82, 2.24) is 19.7 Å². The van der Waals surface area contributed by atoms with Gasteiger partial charge < -0.3 is 11.1 Å². The lowest BCUT2D eigenvalue weighted by molar-refractivity contribution is -0.285. The molecule has 7 nitrogen and oxygen atoms in total. The number of carbonyl (C=O) groups is 1. The van der Waals surface area contributed by atoms with E-state index in [1.807, 2.05) is 0 Å². The number of alkyl halides is 5. The van der Waals surface area contributed by atoms with E-state index in [2.05, 4.69) is 36.3 Å². The van der Waals surface area contributed by atoms with Gasteiger partial charge in [0.15, 0.2) is 5.82 Å². The number of fused-ring (bicyclic) bond motifs is 2. The van der Waals surface area contributed by atoms with Gasteiger partial charge in [-0.1, -0.05) is 39.7 Å². The van der Waals surface area contributed by atoms with E-state index < -0.39 is 30.5 Å². The Balaban J connectivity index is 1.60. The second-order valence-corrected chi connectivity index (χ2v) is 10.3. The van der Waals surface area contributed by atoms with Crippen molar-refractivity contribution in [2.75, 3.05) is 11.1 Å². The lowest BCUT2D eigenvalue weighted by Crippen LogP contribution is -2.37. The smallest absolute Gasteiger partial charge is 0.383 e. The topological polar surface area (TPSA) is 98.7 Å². The molecule has 4 aromatic rings. The van der Waals surface area contributed by atoms with Gasteiger partial charge in [-0.2, -0.15) is 27.1 Å². The zero-order valence-corrected chi connectivity index (χ0v) is 21.7. The number of hydrogen-bond donors (Lipinski definition) is 2. The Morgan fingerprint density at radius 1 is 1.11 bits per heavy atom. The summed E-state index contributed by atoms with van der Waals surface area (Å²) in [6.45, 7) is 0.923. The molecule has 0 spiro atoms. The number of benzene rings is 2. The number of nitrogen functional groups attached to an aromatic ring is 1. The molecule has 0 radical (unpaired) electrons. The fraction of sp³-hybridized carbons (Fsp3) is 0.250. The molecule has 0 fully saturated rings. The second-order valence-electron chi connectivity index (χ2n) is 8.93. The maximum atomic E-state index is 13.6. The third kappa shape index (κ3) is 4.17. The van der Waals surface area contributed by atoms with E-state index in [9.17, 15) is 26.7 Å². The Labute approximate surface area is 225 Å². The first-order valence-electron chi connectivity index (χ1n) is 11.1. The van der Waals surface area contributed by atoms with Gasteiger partial charge in [-0.05, 0) is 42.8 Å². The molecular weight excluding hydrogens is 599 g/mol. The Morgan fingerprint density at radius 3 is 2.45 bits per heavy atom. The van der Waals surface area contributed by atoms with Crippen molar-refractivity contribution in [3.05, 3.63) is 63.1 Å². The Hall–Kier alpha value is -3.32. The van der Waals surface area contributed by atoms with Crippen LogP contribution in [0.4, 0.5) is 33.6 Å². The Bertz CT molecular complexity index is 1590. The molecule has 1 amide bonds. The minimum Gasteiger partial charge on any atom is -0.383 e. The molecule has 1 unspecified atom stereocenters. The van der Waals surface area contributed by atoms with Crippen LogP contribution in [0.3, 0.4) is 0 Å². The normalized spacial score (nSPS) is 17.6. The summed E-state index contributed by atoms with van der Waals surface area (Å²) in [6, 6.07) is 11.5. The van der Waals surface area contributed by atoms with Crippen LogP contribution in [0.1, 0.15) is 24.5 Å². The van der Waals surface area contributed by atoms with Crippen LogP contribution in [-0.4, -0.2) is 37.8 Å². The van der Waals surface area contributed by atoms with E-state index in [0.29, 0.717) is 16.5 Å². The number of nitrogens with one attached hydrogen (secondary N) is 1. The lowest BCUT2D eigenvalue weighted by atomic mass is 9.78. The molecule has 0 saturated carbocycles. The number of nitrogens with zero attached hydrogens (tertiary/aromatic N) is 4. The molecule has 0 aliphatic carbocycles. The third-order valence-electron chi connectivity index (χ3n) is 6.52. The van der Waals surface area contributed by atoms with Gasteiger partial charge in [-0.3, -0.25) is 9.48 Å².